The van der Waals surface area contributed by atoms with Crippen LogP contribution in [0, 0.1) is 0 Å². The molecule has 1 atom stereocenters. The molecule has 2 aliphatic heterocycles. The van der Waals surface area contributed by atoms with E-state index in [9.17, 15) is 26.4 Å². The van der Waals surface area contributed by atoms with Gasteiger partial charge in [0.05, 0.1) is 14.2 Å². The molecule has 0 bridgehead atoms. The number of benzene rings is 1. The van der Waals surface area contributed by atoms with Crippen LogP contribution in [0.2, 0.25) is 0 Å². The number of rotatable bonds is 10. The van der Waals surface area contributed by atoms with E-state index in [2.05, 4.69) is 17.1 Å². The van der Waals surface area contributed by atoms with Crippen molar-refractivity contribution in [3.05, 3.63) is 18.2 Å². The summed E-state index contributed by atoms with van der Waals surface area (Å²) in [6.07, 6.45) is -2.93. The second-order valence-electron chi connectivity index (χ2n) is 8.99. The number of likely N-dealkylation sites (tertiary alicyclic amines) is 1. The molecule has 0 aromatic heterocycles. The van der Waals surface area contributed by atoms with Gasteiger partial charge in [0, 0.05) is 57.8 Å². The second kappa shape index (κ2) is 14.7. The van der Waals surface area contributed by atoms with Gasteiger partial charge >= 0.3 is 12.1 Å². The number of sulfonamides is 1. The summed E-state index contributed by atoms with van der Waals surface area (Å²) >= 11 is 0. The van der Waals surface area contributed by atoms with E-state index in [4.69, 9.17) is 19.4 Å². The van der Waals surface area contributed by atoms with Crippen molar-refractivity contribution in [2.45, 2.75) is 43.3 Å². The molecule has 2 N–H and O–H groups in total. The standard InChI is InChI=1S/C22H36N4O5S.C2HF3O2/c1-4-24-12-5-6-18(24)17-26(13-9-22(27)25-14-10-23-11-15-25)32(28,29)21-16-19(30-2)7-8-20(21)31-3;3-2(4,5)1(6)7/h7-8,16,18,23H,4-6,9-15,17H2,1-3H3;(H,6,7). The number of ether oxygens (including phenoxy) is 2. The molecule has 0 spiro atoms. The van der Waals surface area contributed by atoms with Gasteiger partial charge in [0.1, 0.15) is 16.4 Å². The molecule has 1 aromatic rings. The summed E-state index contributed by atoms with van der Waals surface area (Å²) in [5, 5.41) is 10.4. The van der Waals surface area contributed by atoms with E-state index in [-0.39, 0.29) is 35.6 Å². The van der Waals surface area contributed by atoms with E-state index in [1.807, 2.05) is 0 Å². The Labute approximate surface area is 226 Å². The molecule has 1 unspecified atom stereocenters. The van der Waals surface area contributed by atoms with Crippen molar-refractivity contribution in [1.82, 2.24) is 19.4 Å². The van der Waals surface area contributed by atoms with E-state index >= 15 is 0 Å². The number of aliphatic carboxylic acids is 1. The first-order valence-corrected chi connectivity index (χ1v) is 14.0. The largest absolute Gasteiger partial charge is 0.497 e. The molecule has 3 rings (SSSR count). The molecule has 2 aliphatic rings. The summed E-state index contributed by atoms with van der Waals surface area (Å²) in [7, 11) is -0.950. The number of carbonyl (C=O) groups is 2. The Morgan fingerprint density at radius 2 is 1.79 bits per heavy atom. The van der Waals surface area contributed by atoms with E-state index in [1.165, 1.54) is 24.6 Å². The lowest BCUT2D eigenvalue weighted by molar-refractivity contribution is -0.192. The Morgan fingerprint density at radius 3 is 2.33 bits per heavy atom. The maximum atomic E-state index is 13.8. The Kier molecular flexibility index (Phi) is 12.3. The molecule has 39 heavy (non-hydrogen) atoms. The summed E-state index contributed by atoms with van der Waals surface area (Å²) < 4.78 is 71.4. The maximum Gasteiger partial charge on any atom is 0.490 e. The molecular weight excluding hydrogens is 545 g/mol. The molecule has 2 saturated heterocycles. The minimum absolute atomic E-state index is 0.0110. The normalized spacial score (nSPS) is 18.4. The monoisotopic (exact) mass is 582 g/mol. The number of carboxylic acids is 1. The zero-order valence-corrected chi connectivity index (χ0v) is 23.2. The lowest BCUT2D eigenvalue weighted by Crippen LogP contribution is -2.48. The van der Waals surface area contributed by atoms with Crippen LogP contribution in [-0.2, 0) is 19.6 Å². The first-order chi connectivity index (χ1) is 18.3. The fourth-order valence-electron chi connectivity index (χ4n) is 4.48. The number of hydrogen-bond acceptors (Lipinski definition) is 8. The summed E-state index contributed by atoms with van der Waals surface area (Å²) in [5.74, 6) is -2.06. The van der Waals surface area contributed by atoms with Crippen molar-refractivity contribution >= 4 is 21.9 Å². The third-order valence-corrected chi connectivity index (χ3v) is 8.48. The van der Waals surface area contributed by atoms with Gasteiger partial charge in [0.15, 0.2) is 0 Å². The fraction of sp³-hybridized carbons (Fsp3) is 0.667. The molecular formula is C24H37F3N4O7S. The highest BCUT2D eigenvalue weighted by Crippen LogP contribution is 2.32. The zero-order chi connectivity index (χ0) is 29.2. The third-order valence-electron chi connectivity index (χ3n) is 6.60. The van der Waals surface area contributed by atoms with Crippen LogP contribution in [0.4, 0.5) is 13.2 Å². The van der Waals surface area contributed by atoms with E-state index in [0.717, 1.165) is 39.0 Å². The average molecular weight is 583 g/mol. The number of halogens is 3. The van der Waals surface area contributed by atoms with Crippen LogP contribution < -0.4 is 14.8 Å². The number of nitrogens with one attached hydrogen (secondary N) is 1. The van der Waals surface area contributed by atoms with Crippen molar-refractivity contribution in [2.24, 2.45) is 0 Å². The van der Waals surface area contributed by atoms with Gasteiger partial charge in [0.25, 0.3) is 0 Å². The van der Waals surface area contributed by atoms with Crippen LogP contribution in [-0.4, -0.2) is 118 Å². The Bertz CT molecular complexity index is 1070. The Hall–Kier alpha value is -2.62. The quantitative estimate of drug-likeness (QED) is 0.423. The smallest absolute Gasteiger partial charge is 0.490 e. The number of carboxylic acid groups (broad SMARTS) is 1. The fourth-order valence-corrected chi connectivity index (χ4v) is 6.13. The number of methoxy groups -OCH3 is 2. The summed E-state index contributed by atoms with van der Waals surface area (Å²) in [6.45, 7) is 7.27. The van der Waals surface area contributed by atoms with Gasteiger partial charge in [-0.15, -0.1) is 0 Å². The first-order valence-electron chi connectivity index (χ1n) is 12.6. The SMILES string of the molecule is CCN1CCCC1CN(CCC(=O)N1CCNCC1)S(=O)(=O)c1cc(OC)ccc1OC.O=C(O)C(F)(F)F. The van der Waals surface area contributed by atoms with Crippen molar-refractivity contribution < 1.29 is 45.8 Å². The van der Waals surface area contributed by atoms with Gasteiger partial charge in [-0.05, 0) is 38.1 Å². The molecule has 0 saturated carbocycles. The number of nitrogens with zero attached hydrogens (tertiary/aromatic N) is 3. The average Bonchev–Trinajstić information content (AvgIpc) is 3.37. The maximum absolute atomic E-state index is 13.8. The summed E-state index contributed by atoms with van der Waals surface area (Å²) in [4.78, 5) is 25.8. The van der Waals surface area contributed by atoms with Crippen LogP contribution >= 0.6 is 0 Å². The lowest BCUT2D eigenvalue weighted by Gasteiger charge is -2.31. The van der Waals surface area contributed by atoms with Gasteiger partial charge < -0.3 is 24.8 Å². The number of likely N-dealkylation sites (N-methyl/N-ethyl adjacent to an activating group) is 1. The van der Waals surface area contributed by atoms with Crippen molar-refractivity contribution in [3.8, 4) is 11.5 Å². The molecule has 1 aromatic carbocycles. The summed E-state index contributed by atoms with van der Waals surface area (Å²) in [5.41, 5.74) is 0. The molecule has 222 valence electrons. The number of piperazine rings is 1. The first kappa shape index (κ1) is 32.6. The minimum atomic E-state index is -5.08. The topological polar surface area (TPSA) is 129 Å². The van der Waals surface area contributed by atoms with Crippen LogP contribution in [0.5, 0.6) is 11.5 Å². The molecule has 1 amide bonds. The predicted octanol–water partition coefficient (Wildman–Crippen LogP) is 1.63. The molecule has 2 heterocycles. The van der Waals surface area contributed by atoms with Gasteiger partial charge in [0.2, 0.25) is 15.9 Å². The Morgan fingerprint density at radius 1 is 1.15 bits per heavy atom. The molecule has 11 nitrogen and oxygen atoms in total. The predicted molar refractivity (Wildman–Crippen MR) is 136 cm³/mol. The van der Waals surface area contributed by atoms with Crippen molar-refractivity contribution in [1.29, 1.82) is 0 Å². The highest BCUT2D eigenvalue weighted by Gasteiger charge is 2.38. The van der Waals surface area contributed by atoms with Gasteiger partial charge in [-0.1, -0.05) is 6.92 Å². The van der Waals surface area contributed by atoms with Gasteiger partial charge in [-0.25, -0.2) is 13.2 Å². The lowest BCUT2D eigenvalue weighted by atomic mass is 10.2. The highest BCUT2D eigenvalue weighted by atomic mass is 32.2. The molecule has 2 fully saturated rings. The number of amides is 1. The van der Waals surface area contributed by atoms with Crippen LogP contribution in [0.3, 0.4) is 0 Å². The molecule has 15 heteroatoms. The van der Waals surface area contributed by atoms with E-state index < -0.39 is 22.2 Å². The number of alkyl halides is 3. The van der Waals surface area contributed by atoms with Gasteiger partial charge in [-0.2, -0.15) is 17.5 Å². The minimum Gasteiger partial charge on any atom is -0.497 e. The van der Waals surface area contributed by atoms with E-state index in [1.54, 1.807) is 17.0 Å². The Balaban J connectivity index is 0.000000673. The summed E-state index contributed by atoms with van der Waals surface area (Å²) in [6, 6.07) is 4.90. The van der Waals surface area contributed by atoms with Crippen molar-refractivity contribution in [2.75, 3.05) is 66.6 Å². The van der Waals surface area contributed by atoms with Crippen LogP contribution in [0.15, 0.2) is 23.1 Å². The van der Waals surface area contributed by atoms with Crippen molar-refractivity contribution in [3.63, 3.8) is 0 Å². The number of hydrogen-bond donors (Lipinski definition) is 2. The van der Waals surface area contributed by atoms with Crippen LogP contribution in [0.1, 0.15) is 26.2 Å². The van der Waals surface area contributed by atoms with Crippen LogP contribution in [0.25, 0.3) is 0 Å². The highest BCUT2D eigenvalue weighted by molar-refractivity contribution is 7.89. The molecule has 0 radical (unpaired) electrons. The molecule has 0 aliphatic carbocycles. The number of carbonyl (C=O) groups excluding carboxylic acids is 1. The third kappa shape index (κ3) is 9.22. The zero-order valence-electron chi connectivity index (χ0n) is 22.4. The second-order valence-corrected chi connectivity index (χ2v) is 10.9. The van der Waals surface area contributed by atoms with Gasteiger partial charge in [-0.3, -0.25) is 9.69 Å². The van der Waals surface area contributed by atoms with E-state index in [0.29, 0.717) is 25.4 Å².